The zero-order chi connectivity index (χ0) is 15.7. The van der Waals surface area contributed by atoms with Crippen molar-refractivity contribution in [1.29, 1.82) is 0 Å². The van der Waals surface area contributed by atoms with Crippen LogP contribution >= 0.6 is 0 Å². The molecule has 1 aliphatic rings. The molecule has 1 aromatic heterocycles. The quantitative estimate of drug-likeness (QED) is 0.862. The fraction of sp³-hybridized carbons (Fsp3) is 0.467. The molecule has 1 aliphatic heterocycles. The van der Waals surface area contributed by atoms with Crippen molar-refractivity contribution in [3.63, 3.8) is 0 Å². The predicted molar refractivity (Wildman–Crippen MR) is 80.7 cm³/mol. The third-order valence-electron chi connectivity index (χ3n) is 3.95. The topological polar surface area (TPSA) is 68.7 Å². The molecule has 1 saturated heterocycles. The molecule has 0 spiro atoms. The van der Waals surface area contributed by atoms with E-state index in [0.717, 1.165) is 0 Å². The molecule has 0 aromatic carbocycles. The van der Waals surface area contributed by atoms with Crippen LogP contribution in [0.5, 0.6) is 0 Å². The first-order valence-corrected chi connectivity index (χ1v) is 6.91. The standard InChI is InChI=1S/C15H20BNO4/c1-14(2)15(3,4)21-16(20-14)8-7-12-11(10-13(18)19)6-5-9-17-12/h5-9H,10H2,1-4H3,(H,18,19)/b8-7+. The molecular weight excluding hydrogens is 269 g/mol. The van der Waals surface area contributed by atoms with E-state index >= 15 is 0 Å². The highest BCUT2D eigenvalue weighted by Crippen LogP contribution is 2.37. The Hall–Kier alpha value is -1.66. The molecular formula is C15H20BNO4. The Kier molecular flexibility index (Phi) is 4.21. The molecule has 0 atom stereocenters. The van der Waals surface area contributed by atoms with Crippen molar-refractivity contribution < 1.29 is 19.2 Å². The average Bonchev–Trinajstić information content (AvgIpc) is 2.56. The molecule has 6 heteroatoms. The first-order chi connectivity index (χ1) is 9.71. The van der Waals surface area contributed by atoms with Gasteiger partial charge in [-0.3, -0.25) is 9.78 Å². The van der Waals surface area contributed by atoms with Gasteiger partial charge in [-0.25, -0.2) is 0 Å². The fourth-order valence-electron chi connectivity index (χ4n) is 2.05. The minimum Gasteiger partial charge on any atom is -0.481 e. The summed E-state index contributed by atoms with van der Waals surface area (Å²) in [5, 5.41) is 8.91. The summed E-state index contributed by atoms with van der Waals surface area (Å²) in [5.41, 5.74) is 0.499. The van der Waals surface area contributed by atoms with E-state index in [4.69, 9.17) is 14.4 Å². The van der Waals surface area contributed by atoms with Crippen molar-refractivity contribution >= 4 is 19.2 Å². The molecule has 5 nitrogen and oxygen atoms in total. The van der Waals surface area contributed by atoms with Gasteiger partial charge in [0.05, 0.1) is 23.3 Å². The van der Waals surface area contributed by atoms with Gasteiger partial charge in [-0.15, -0.1) is 0 Å². The van der Waals surface area contributed by atoms with Gasteiger partial charge >= 0.3 is 13.1 Å². The highest BCUT2D eigenvalue weighted by atomic mass is 16.7. The van der Waals surface area contributed by atoms with Gasteiger partial charge in [0, 0.05) is 6.20 Å². The lowest BCUT2D eigenvalue weighted by Crippen LogP contribution is -2.41. The molecule has 1 fully saturated rings. The summed E-state index contributed by atoms with van der Waals surface area (Å²) in [6, 6.07) is 3.48. The minimum atomic E-state index is -0.881. The Morgan fingerprint density at radius 3 is 2.52 bits per heavy atom. The summed E-state index contributed by atoms with van der Waals surface area (Å²) in [4.78, 5) is 15.1. The molecule has 0 radical (unpaired) electrons. The van der Waals surface area contributed by atoms with Crippen LogP contribution in [0.2, 0.25) is 0 Å². The second kappa shape index (κ2) is 5.62. The lowest BCUT2D eigenvalue weighted by Gasteiger charge is -2.32. The van der Waals surface area contributed by atoms with Crippen molar-refractivity contribution in [2.75, 3.05) is 0 Å². The fourth-order valence-corrected chi connectivity index (χ4v) is 2.05. The number of pyridine rings is 1. The SMILES string of the molecule is CC1(C)OB(/C=C/c2ncccc2CC(=O)O)OC1(C)C. The summed E-state index contributed by atoms with van der Waals surface area (Å²) >= 11 is 0. The molecule has 2 heterocycles. The van der Waals surface area contributed by atoms with E-state index in [1.165, 1.54) is 0 Å². The molecule has 21 heavy (non-hydrogen) atoms. The molecule has 0 saturated carbocycles. The Labute approximate surface area is 125 Å². The number of hydrogen-bond acceptors (Lipinski definition) is 4. The number of nitrogens with zero attached hydrogens (tertiary/aromatic N) is 1. The lowest BCUT2D eigenvalue weighted by molar-refractivity contribution is -0.136. The number of carboxylic acid groups (broad SMARTS) is 1. The minimum absolute atomic E-state index is 0.0587. The summed E-state index contributed by atoms with van der Waals surface area (Å²) in [6.07, 6.45) is 3.33. The molecule has 1 aromatic rings. The van der Waals surface area contributed by atoms with Crippen LogP contribution in [-0.4, -0.2) is 34.4 Å². The van der Waals surface area contributed by atoms with Gasteiger partial charge in [0.25, 0.3) is 0 Å². The Morgan fingerprint density at radius 1 is 1.33 bits per heavy atom. The summed E-state index contributed by atoms with van der Waals surface area (Å²) in [7, 11) is -0.463. The molecule has 0 aliphatic carbocycles. The van der Waals surface area contributed by atoms with Gasteiger partial charge in [0.1, 0.15) is 0 Å². The first-order valence-electron chi connectivity index (χ1n) is 6.91. The smallest absolute Gasteiger partial charge is 0.481 e. The van der Waals surface area contributed by atoms with E-state index < -0.39 is 24.3 Å². The third kappa shape index (κ3) is 3.51. The molecule has 2 rings (SSSR count). The van der Waals surface area contributed by atoms with Crippen LogP contribution < -0.4 is 0 Å². The van der Waals surface area contributed by atoms with E-state index in [-0.39, 0.29) is 6.42 Å². The molecule has 1 N–H and O–H groups in total. The second-order valence-corrected chi connectivity index (χ2v) is 6.10. The van der Waals surface area contributed by atoms with E-state index in [9.17, 15) is 4.79 Å². The summed E-state index contributed by atoms with van der Waals surface area (Å²) < 4.78 is 11.7. The monoisotopic (exact) mass is 289 g/mol. The van der Waals surface area contributed by atoms with Crippen molar-refractivity contribution in [1.82, 2.24) is 4.98 Å². The predicted octanol–water partition coefficient (Wildman–Crippen LogP) is 2.35. The Morgan fingerprint density at radius 2 is 1.95 bits per heavy atom. The Bertz CT molecular complexity index is 553. The van der Waals surface area contributed by atoms with Crippen molar-refractivity contribution in [3.05, 3.63) is 35.6 Å². The van der Waals surface area contributed by atoms with Crippen LogP contribution in [-0.2, 0) is 20.5 Å². The average molecular weight is 289 g/mol. The number of aromatic nitrogens is 1. The van der Waals surface area contributed by atoms with Crippen LogP contribution in [0.1, 0.15) is 39.0 Å². The maximum Gasteiger partial charge on any atom is 0.487 e. The molecule has 0 unspecified atom stereocenters. The normalized spacial score (nSPS) is 20.1. The maximum atomic E-state index is 10.9. The Balaban J connectivity index is 2.14. The van der Waals surface area contributed by atoms with Crippen molar-refractivity contribution in [3.8, 4) is 0 Å². The highest BCUT2D eigenvalue weighted by Gasteiger charge is 2.50. The number of aliphatic carboxylic acids is 1. The summed E-state index contributed by atoms with van der Waals surface area (Å²) in [5.74, 6) is 0.887. The van der Waals surface area contributed by atoms with Crippen LogP contribution in [0.15, 0.2) is 24.3 Å². The molecule has 0 amide bonds. The van der Waals surface area contributed by atoms with Crippen LogP contribution in [0.4, 0.5) is 0 Å². The van der Waals surface area contributed by atoms with Gasteiger partial charge in [0.15, 0.2) is 0 Å². The maximum absolute atomic E-state index is 10.9. The highest BCUT2D eigenvalue weighted by molar-refractivity contribution is 6.52. The largest absolute Gasteiger partial charge is 0.487 e. The number of hydrogen-bond donors (Lipinski definition) is 1. The number of carboxylic acids is 1. The van der Waals surface area contributed by atoms with E-state index in [1.807, 2.05) is 27.7 Å². The molecule has 0 bridgehead atoms. The third-order valence-corrected chi connectivity index (χ3v) is 3.95. The van der Waals surface area contributed by atoms with Gasteiger partial charge in [-0.05, 0) is 45.4 Å². The van der Waals surface area contributed by atoms with Crippen molar-refractivity contribution in [2.24, 2.45) is 0 Å². The van der Waals surface area contributed by atoms with Crippen molar-refractivity contribution in [2.45, 2.75) is 45.3 Å². The van der Waals surface area contributed by atoms with E-state index in [0.29, 0.717) is 11.3 Å². The van der Waals surface area contributed by atoms with E-state index in [2.05, 4.69) is 4.98 Å². The second-order valence-electron chi connectivity index (χ2n) is 6.10. The van der Waals surface area contributed by atoms with Gasteiger partial charge in [-0.2, -0.15) is 0 Å². The zero-order valence-electron chi connectivity index (χ0n) is 12.8. The van der Waals surface area contributed by atoms with Gasteiger partial charge in [-0.1, -0.05) is 12.0 Å². The van der Waals surface area contributed by atoms with Crippen LogP contribution in [0.3, 0.4) is 0 Å². The van der Waals surface area contributed by atoms with Crippen LogP contribution in [0, 0.1) is 0 Å². The molecule has 112 valence electrons. The number of rotatable bonds is 4. The van der Waals surface area contributed by atoms with Crippen LogP contribution in [0.25, 0.3) is 6.08 Å². The summed E-state index contributed by atoms with van der Waals surface area (Å²) in [6.45, 7) is 7.93. The zero-order valence-corrected chi connectivity index (χ0v) is 12.8. The van der Waals surface area contributed by atoms with E-state index in [1.54, 1.807) is 30.4 Å². The van der Waals surface area contributed by atoms with Gasteiger partial charge in [0.2, 0.25) is 0 Å². The van der Waals surface area contributed by atoms with Gasteiger partial charge < -0.3 is 14.4 Å². The first kappa shape index (κ1) is 15.7. The number of carbonyl (C=O) groups is 1. The lowest BCUT2D eigenvalue weighted by atomic mass is 9.89.